The second-order valence-electron chi connectivity index (χ2n) is 5.12. The lowest BCUT2D eigenvalue weighted by Crippen LogP contribution is -2.18. The van der Waals surface area contributed by atoms with Gasteiger partial charge in [0.1, 0.15) is 0 Å². The third-order valence-corrected chi connectivity index (χ3v) is 4.03. The zero-order chi connectivity index (χ0) is 10.3. The lowest BCUT2D eigenvalue weighted by atomic mass is 9.77. The monoisotopic (exact) mass is 201 g/mol. The molecule has 0 amide bonds. The van der Waals surface area contributed by atoms with Gasteiger partial charge in [-0.05, 0) is 48.6 Å². The molecule has 2 fully saturated rings. The second kappa shape index (κ2) is 3.64. The van der Waals surface area contributed by atoms with E-state index in [1.54, 1.807) is 5.56 Å². The zero-order valence-electron chi connectivity index (χ0n) is 9.15. The minimum absolute atomic E-state index is 0.307. The fourth-order valence-corrected chi connectivity index (χ4v) is 2.61. The van der Waals surface area contributed by atoms with Gasteiger partial charge in [-0.1, -0.05) is 30.7 Å². The number of rotatable bonds is 3. The first kappa shape index (κ1) is 9.41. The molecule has 80 valence electrons. The van der Waals surface area contributed by atoms with E-state index in [4.69, 9.17) is 5.73 Å². The molecule has 15 heavy (non-hydrogen) atoms. The molecule has 1 heteroatoms. The fraction of sp³-hybridized carbons (Fsp3) is 0.571. The van der Waals surface area contributed by atoms with E-state index >= 15 is 0 Å². The highest BCUT2D eigenvalue weighted by Crippen LogP contribution is 2.44. The average molecular weight is 201 g/mol. The minimum Gasteiger partial charge on any atom is -0.324 e. The molecule has 2 aliphatic carbocycles. The SMILES string of the molecule is NC(c1ccccc1C1CCC1)C1CC1. The van der Waals surface area contributed by atoms with Crippen LogP contribution in [-0.2, 0) is 0 Å². The van der Waals surface area contributed by atoms with E-state index in [1.165, 1.54) is 37.7 Å². The Balaban J connectivity index is 1.90. The summed E-state index contributed by atoms with van der Waals surface area (Å²) in [5.41, 5.74) is 9.30. The largest absolute Gasteiger partial charge is 0.324 e. The van der Waals surface area contributed by atoms with E-state index in [1.807, 2.05) is 0 Å². The summed E-state index contributed by atoms with van der Waals surface area (Å²) < 4.78 is 0. The second-order valence-corrected chi connectivity index (χ2v) is 5.12. The van der Waals surface area contributed by atoms with Crippen molar-refractivity contribution in [2.24, 2.45) is 11.7 Å². The highest BCUT2D eigenvalue weighted by Gasteiger charge is 2.32. The summed E-state index contributed by atoms with van der Waals surface area (Å²) in [6, 6.07) is 9.15. The molecule has 1 aromatic carbocycles. The molecule has 3 rings (SSSR count). The molecule has 0 bridgehead atoms. The lowest BCUT2D eigenvalue weighted by molar-refractivity contribution is 0.413. The predicted octanol–water partition coefficient (Wildman–Crippen LogP) is 3.36. The molecule has 0 spiro atoms. The van der Waals surface area contributed by atoms with Crippen molar-refractivity contribution >= 4 is 0 Å². The first-order valence-corrected chi connectivity index (χ1v) is 6.20. The van der Waals surface area contributed by atoms with Gasteiger partial charge >= 0.3 is 0 Å². The Morgan fingerprint density at radius 3 is 2.40 bits per heavy atom. The van der Waals surface area contributed by atoms with Crippen LogP contribution in [0.3, 0.4) is 0 Å². The maximum Gasteiger partial charge on any atom is 0.0326 e. The topological polar surface area (TPSA) is 26.0 Å². The van der Waals surface area contributed by atoms with E-state index in [9.17, 15) is 0 Å². The molecule has 0 aromatic heterocycles. The van der Waals surface area contributed by atoms with Crippen LogP contribution < -0.4 is 5.73 Å². The van der Waals surface area contributed by atoms with Gasteiger partial charge in [0.05, 0.1) is 0 Å². The molecule has 1 aromatic rings. The van der Waals surface area contributed by atoms with Crippen LogP contribution in [0.1, 0.15) is 55.2 Å². The first-order valence-electron chi connectivity index (χ1n) is 6.20. The number of hydrogen-bond donors (Lipinski definition) is 1. The molecule has 1 nitrogen and oxygen atoms in total. The van der Waals surface area contributed by atoms with Crippen LogP contribution in [0.15, 0.2) is 24.3 Å². The van der Waals surface area contributed by atoms with Crippen molar-refractivity contribution < 1.29 is 0 Å². The van der Waals surface area contributed by atoms with Crippen LogP contribution in [0, 0.1) is 5.92 Å². The summed E-state index contributed by atoms with van der Waals surface area (Å²) in [7, 11) is 0. The Morgan fingerprint density at radius 1 is 1.07 bits per heavy atom. The molecule has 2 N–H and O–H groups in total. The first-order chi connectivity index (χ1) is 7.36. The van der Waals surface area contributed by atoms with Gasteiger partial charge in [-0.2, -0.15) is 0 Å². The van der Waals surface area contributed by atoms with Crippen molar-refractivity contribution in [1.29, 1.82) is 0 Å². The molecule has 0 radical (unpaired) electrons. The highest BCUT2D eigenvalue weighted by atomic mass is 14.7. The van der Waals surface area contributed by atoms with Gasteiger partial charge in [0, 0.05) is 6.04 Å². The van der Waals surface area contributed by atoms with Crippen LogP contribution in [0.2, 0.25) is 0 Å². The Morgan fingerprint density at radius 2 is 1.80 bits per heavy atom. The van der Waals surface area contributed by atoms with E-state index < -0.39 is 0 Å². The maximum atomic E-state index is 6.32. The molecule has 1 unspecified atom stereocenters. The van der Waals surface area contributed by atoms with Crippen molar-refractivity contribution in [3.63, 3.8) is 0 Å². The van der Waals surface area contributed by atoms with Gasteiger partial charge in [0.15, 0.2) is 0 Å². The molecular formula is C14H19N. The number of hydrogen-bond acceptors (Lipinski definition) is 1. The summed E-state index contributed by atoms with van der Waals surface area (Å²) in [5.74, 6) is 1.58. The molecule has 2 aliphatic rings. The predicted molar refractivity (Wildman–Crippen MR) is 62.7 cm³/mol. The average Bonchev–Trinajstić information content (AvgIpc) is 2.98. The Kier molecular flexibility index (Phi) is 2.28. The summed E-state index contributed by atoms with van der Waals surface area (Å²) >= 11 is 0. The van der Waals surface area contributed by atoms with Crippen molar-refractivity contribution in [2.45, 2.75) is 44.1 Å². The van der Waals surface area contributed by atoms with Crippen molar-refractivity contribution in [2.75, 3.05) is 0 Å². The third-order valence-electron chi connectivity index (χ3n) is 4.03. The van der Waals surface area contributed by atoms with E-state index in [-0.39, 0.29) is 0 Å². The van der Waals surface area contributed by atoms with Gasteiger partial charge in [-0.15, -0.1) is 0 Å². The van der Waals surface area contributed by atoms with Crippen molar-refractivity contribution in [3.8, 4) is 0 Å². The van der Waals surface area contributed by atoms with Crippen LogP contribution in [0.5, 0.6) is 0 Å². The standard InChI is InChI=1S/C14H19N/c15-14(11-8-9-11)13-7-2-1-6-12(13)10-4-3-5-10/h1-2,6-7,10-11,14H,3-5,8-9,15H2. The Bertz CT molecular complexity index is 350. The lowest BCUT2D eigenvalue weighted by Gasteiger charge is -2.29. The van der Waals surface area contributed by atoms with E-state index in [0.29, 0.717) is 6.04 Å². The maximum absolute atomic E-state index is 6.32. The van der Waals surface area contributed by atoms with Gasteiger partial charge < -0.3 is 5.73 Å². The van der Waals surface area contributed by atoms with Gasteiger partial charge in [-0.25, -0.2) is 0 Å². The third kappa shape index (κ3) is 1.69. The number of benzene rings is 1. The summed E-state index contributed by atoms with van der Waals surface area (Å²) in [6.45, 7) is 0. The van der Waals surface area contributed by atoms with Gasteiger partial charge in [0.2, 0.25) is 0 Å². The van der Waals surface area contributed by atoms with Gasteiger partial charge in [0.25, 0.3) is 0 Å². The molecular weight excluding hydrogens is 182 g/mol. The molecule has 2 saturated carbocycles. The summed E-state index contributed by atoms with van der Waals surface area (Å²) in [4.78, 5) is 0. The zero-order valence-corrected chi connectivity index (χ0v) is 9.15. The van der Waals surface area contributed by atoms with Crippen LogP contribution in [0.4, 0.5) is 0 Å². The van der Waals surface area contributed by atoms with Crippen LogP contribution >= 0.6 is 0 Å². The Hall–Kier alpha value is -0.820. The normalized spacial score (nSPS) is 23.5. The highest BCUT2D eigenvalue weighted by molar-refractivity contribution is 5.34. The smallest absolute Gasteiger partial charge is 0.0326 e. The fourth-order valence-electron chi connectivity index (χ4n) is 2.61. The van der Waals surface area contributed by atoms with Gasteiger partial charge in [-0.3, -0.25) is 0 Å². The number of nitrogens with two attached hydrogens (primary N) is 1. The summed E-state index contributed by atoms with van der Waals surface area (Å²) in [6.07, 6.45) is 6.81. The van der Waals surface area contributed by atoms with Crippen LogP contribution in [0.25, 0.3) is 0 Å². The molecule has 1 atom stereocenters. The quantitative estimate of drug-likeness (QED) is 0.797. The molecule has 0 heterocycles. The Labute approximate surface area is 91.7 Å². The summed E-state index contributed by atoms with van der Waals surface area (Å²) in [5, 5.41) is 0. The van der Waals surface area contributed by atoms with Crippen molar-refractivity contribution in [1.82, 2.24) is 0 Å². The van der Waals surface area contributed by atoms with E-state index in [2.05, 4.69) is 24.3 Å². The minimum atomic E-state index is 0.307. The molecule has 0 saturated heterocycles. The van der Waals surface area contributed by atoms with Crippen molar-refractivity contribution in [3.05, 3.63) is 35.4 Å². The van der Waals surface area contributed by atoms with Crippen LogP contribution in [-0.4, -0.2) is 0 Å². The van der Waals surface area contributed by atoms with E-state index in [0.717, 1.165) is 11.8 Å². The molecule has 0 aliphatic heterocycles.